The molecule has 0 spiro atoms. The smallest absolute Gasteiger partial charge is 0.310 e. The van der Waals surface area contributed by atoms with E-state index < -0.39 is 11.9 Å². The van der Waals surface area contributed by atoms with Gasteiger partial charge >= 0.3 is 5.97 Å². The van der Waals surface area contributed by atoms with Crippen LogP contribution in [0.15, 0.2) is 18.3 Å². The summed E-state index contributed by atoms with van der Waals surface area (Å²) >= 11 is 0. The Balaban J connectivity index is 2.56. The van der Waals surface area contributed by atoms with E-state index in [9.17, 15) is 4.79 Å². The minimum Gasteiger partial charge on any atom is -0.481 e. The Labute approximate surface area is 117 Å². The molecule has 2 heterocycles. The Morgan fingerprint density at radius 2 is 1.80 bits per heavy atom. The van der Waals surface area contributed by atoms with Crippen LogP contribution in [0.25, 0.3) is 11.5 Å². The molecule has 0 aliphatic rings. The van der Waals surface area contributed by atoms with Gasteiger partial charge in [0.25, 0.3) is 0 Å². The van der Waals surface area contributed by atoms with Crippen molar-refractivity contribution in [3.63, 3.8) is 0 Å². The molecule has 0 saturated carbocycles. The Morgan fingerprint density at radius 1 is 1.20 bits per heavy atom. The summed E-state index contributed by atoms with van der Waals surface area (Å²) in [5, 5.41) is 9.15. The number of carboxylic acid groups (broad SMARTS) is 1. The predicted octanol–water partition coefficient (Wildman–Crippen LogP) is 2.65. The Morgan fingerprint density at radius 3 is 2.30 bits per heavy atom. The first-order valence-electron chi connectivity index (χ1n) is 6.41. The van der Waals surface area contributed by atoms with Crippen molar-refractivity contribution in [2.45, 2.75) is 33.6 Å². The molecule has 5 heteroatoms. The molecule has 0 aliphatic carbocycles. The highest BCUT2D eigenvalue weighted by Crippen LogP contribution is 2.25. The van der Waals surface area contributed by atoms with Crippen LogP contribution in [0.5, 0.6) is 0 Å². The van der Waals surface area contributed by atoms with Crippen LogP contribution in [0.2, 0.25) is 0 Å². The van der Waals surface area contributed by atoms with Gasteiger partial charge in [-0.2, -0.15) is 0 Å². The highest BCUT2D eigenvalue weighted by atomic mass is 16.4. The third kappa shape index (κ3) is 2.52. The summed E-state index contributed by atoms with van der Waals surface area (Å²) < 4.78 is 0. The summed E-state index contributed by atoms with van der Waals surface area (Å²) in [4.78, 5) is 24.3. The first-order valence-corrected chi connectivity index (χ1v) is 6.41. The number of pyridine rings is 1. The number of carbonyl (C=O) groups is 1. The van der Waals surface area contributed by atoms with E-state index in [1.165, 1.54) is 0 Å². The van der Waals surface area contributed by atoms with Gasteiger partial charge in [0.05, 0.1) is 5.92 Å². The zero-order chi connectivity index (χ0) is 14.9. The Hall–Kier alpha value is -2.30. The van der Waals surface area contributed by atoms with Gasteiger partial charge in [0.2, 0.25) is 0 Å². The minimum atomic E-state index is -0.874. The van der Waals surface area contributed by atoms with E-state index in [1.807, 2.05) is 32.9 Å². The zero-order valence-electron chi connectivity index (χ0n) is 12.0. The summed E-state index contributed by atoms with van der Waals surface area (Å²) in [7, 11) is 0. The molecule has 0 radical (unpaired) electrons. The molecular formula is C15H17N3O2. The van der Waals surface area contributed by atoms with Crippen molar-refractivity contribution in [2.75, 3.05) is 0 Å². The van der Waals surface area contributed by atoms with Crippen molar-refractivity contribution in [1.82, 2.24) is 15.0 Å². The molecule has 0 amide bonds. The molecule has 0 saturated heterocycles. The van der Waals surface area contributed by atoms with Gasteiger partial charge in [-0.3, -0.25) is 9.78 Å². The molecule has 0 aliphatic heterocycles. The molecule has 1 N–H and O–H groups in total. The molecule has 2 rings (SSSR count). The van der Waals surface area contributed by atoms with E-state index in [4.69, 9.17) is 5.11 Å². The number of aliphatic carboxylic acids is 1. The number of rotatable bonds is 3. The summed E-state index contributed by atoms with van der Waals surface area (Å²) in [6.45, 7) is 7.22. The molecule has 2 aromatic rings. The average Bonchev–Trinajstić information content (AvgIpc) is 2.38. The lowest BCUT2D eigenvalue weighted by Crippen LogP contribution is -2.13. The quantitative estimate of drug-likeness (QED) is 0.928. The van der Waals surface area contributed by atoms with E-state index >= 15 is 0 Å². The third-order valence-corrected chi connectivity index (χ3v) is 3.35. The van der Waals surface area contributed by atoms with Crippen LogP contribution in [0.4, 0.5) is 0 Å². The lowest BCUT2D eigenvalue weighted by molar-refractivity contribution is -0.138. The van der Waals surface area contributed by atoms with E-state index in [0.29, 0.717) is 22.8 Å². The van der Waals surface area contributed by atoms with Crippen LogP contribution in [0, 0.1) is 20.8 Å². The van der Waals surface area contributed by atoms with Gasteiger partial charge in [0, 0.05) is 23.1 Å². The number of hydrogen-bond donors (Lipinski definition) is 1. The molecular weight excluding hydrogens is 254 g/mol. The van der Waals surface area contributed by atoms with Crippen molar-refractivity contribution < 1.29 is 9.90 Å². The van der Waals surface area contributed by atoms with Crippen molar-refractivity contribution in [2.24, 2.45) is 0 Å². The normalized spacial score (nSPS) is 12.2. The van der Waals surface area contributed by atoms with Gasteiger partial charge in [-0.15, -0.1) is 0 Å². The first kappa shape index (κ1) is 14.1. The monoisotopic (exact) mass is 271 g/mol. The highest BCUT2D eigenvalue weighted by molar-refractivity contribution is 5.76. The van der Waals surface area contributed by atoms with Crippen molar-refractivity contribution >= 4 is 5.97 Å². The van der Waals surface area contributed by atoms with Crippen molar-refractivity contribution in [3.8, 4) is 11.5 Å². The molecule has 20 heavy (non-hydrogen) atoms. The second-order valence-electron chi connectivity index (χ2n) is 4.86. The maximum Gasteiger partial charge on any atom is 0.310 e. The Kier molecular flexibility index (Phi) is 3.79. The zero-order valence-corrected chi connectivity index (χ0v) is 12.0. The molecule has 5 nitrogen and oxygen atoms in total. The standard InChI is InChI=1S/C15H17N3O2/c1-8-6-5-7-16-13(8)14-17-10(3)12(11(4)18-14)9(2)15(19)20/h5-7,9H,1-4H3,(H,19,20). The second-order valence-corrected chi connectivity index (χ2v) is 4.86. The molecule has 104 valence electrons. The largest absolute Gasteiger partial charge is 0.481 e. The average molecular weight is 271 g/mol. The van der Waals surface area contributed by atoms with Crippen LogP contribution in [0.1, 0.15) is 35.4 Å². The molecule has 2 aromatic heterocycles. The van der Waals surface area contributed by atoms with Crippen molar-refractivity contribution in [1.29, 1.82) is 0 Å². The van der Waals surface area contributed by atoms with Crippen LogP contribution in [-0.2, 0) is 4.79 Å². The fourth-order valence-corrected chi connectivity index (χ4v) is 2.30. The number of aromatic nitrogens is 3. The number of nitrogens with zero attached hydrogens (tertiary/aromatic N) is 3. The van der Waals surface area contributed by atoms with E-state index in [0.717, 1.165) is 11.3 Å². The van der Waals surface area contributed by atoms with Gasteiger partial charge in [0.1, 0.15) is 5.69 Å². The maximum atomic E-state index is 11.1. The molecule has 1 atom stereocenters. The van der Waals surface area contributed by atoms with E-state index in [-0.39, 0.29) is 0 Å². The highest BCUT2D eigenvalue weighted by Gasteiger charge is 2.21. The van der Waals surface area contributed by atoms with Gasteiger partial charge in [-0.05, 0) is 39.3 Å². The van der Waals surface area contributed by atoms with Crippen molar-refractivity contribution in [3.05, 3.63) is 40.8 Å². The summed E-state index contributed by atoms with van der Waals surface area (Å²) in [6, 6.07) is 3.81. The second kappa shape index (κ2) is 5.36. The third-order valence-electron chi connectivity index (χ3n) is 3.35. The van der Waals surface area contributed by atoms with Gasteiger partial charge in [-0.25, -0.2) is 9.97 Å². The topological polar surface area (TPSA) is 76.0 Å². The van der Waals surface area contributed by atoms with Gasteiger partial charge in [-0.1, -0.05) is 6.07 Å². The fraction of sp³-hybridized carbons (Fsp3) is 0.333. The maximum absolute atomic E-state index is 11.1. The van der Waals surface area contributed by atoms with E-state index in [2.05, 4.69) is 15.0 Å². The minimum absolute atomic E-state index is 0.541. The summed E-state index contributed by atoms with van der Waals surface area (Å²) in [5.74, 6) is -0.949. The lowest BCUT2D eigenvalue weighted by atomic mass is 9.98. The summed E-state index contributed by atoms with van der Waals surface area (Å²) in [5.41, 5.74) is 3.77. The number of carboxylic acids is 1. The van der Waals surface area contributed by atoms with Gasteiger partial charge < -0.3 is 5.11 Å². The first-order chi connectivity index (χ1) is 9.41. The Bertz CT molecular complexity index is 645. The van der Waals surface area contributed by atoms with Crippen LogP contribution in [0.3, 0.4) is 0 Å². The number of hydrogen-bond acceptors (Lipinski definition) is 4. The van der Waals surface area contributed by atoms with E-state index in [1.54, 1.807) is 13.1 Å². The predicted molar refractivity (Wildman–Crippen MR) is 75.5 cm³/mol. The lowest BCUT2D eigenvalue weighted by Gasteiger charge is -2.14. The van der Waals surface area contributed by atoms with Crippen LogP contribution >= 0.6 is 0 Å². The SMILES string of the molecule is Cc1cccnc1-c1nc(C)c(C(C)C(=O)O)c(C)n1. The van der Waals surface area contributed by atoms with Crippen LogP contribution < -0.4 is 0 Å². The van der Waals surface area contributed by atoms with Crippen LogP contribution in [-0.4, -0.2) is 26.0 Å². The molecule has 1 unspecified atom stereocenters. The number of aryl methyl sites for hydroxylation is 3. The summed E-state index contributed by atoms with van der Waals surface area (Å²) in [6.07, 6.45) is 1.70. The molecule has 0 bridgehead atoms. The van der Waals surface area contributed by atoms with Gasteiger partial charge in [0.15, 0.2) is 5.82 Å². The molecule has 0 aromatic carbocycles. The molecule has 0 fully saturated rings. The fourth-order valence-electron chi connectivity index (χ4n) is 2.30.